The maximum atomic E-state index is 11.4. The molecule has 2 rings (SSSR count). The molecule has 5 nitrogen and oxygen atoms in total. The molecule has 0 atom stereocenters. The number of nitrogens with zero attached hydrogens (tertiary/aromatic N) is 1. The van der Waals surface area contributed by atoms with Crippen molar-refractivity contribution < 1.29 is 9.90 Å². The number of aromatic amines is 1. The molecule has 7 heteroatoms. The lowest BCUT2D eigenvalue weighted by atomic mass is 10.1. The summed E-state index contributed by atoms with van der Waals surface area (Å²) in [5.41, 5.74) is 0.656. The highest BCUT2D eigenvalue weighted by molar-refractivity contribution is 9.10. The van der Waals surface area contributed by atoms with Gasteiger partial charge in [-0.1, -0.05) is 17.8 Å². The van der Waals surface area contributed by atoms with Gasteiger partial charge in [-0.15, -0.1) is 0 Å². The Hall–Kier alpha value is -1.60. The Balaban J connectivity index is 2.39. The van der Waals surface area contributed by atoms with Crippen LogP contribution in [0.1, 0.15) is 15.9 Å². The van der Waals surface area contributed by atoms with E-state index in [-0.39, 0.29) is 11.1 Å². The van der Waals surface area contributed by atoms with Crippen LogP contribution in [-0.4, -0.2) is 21.0 Å². The number of hydrogen-bond acceptors (Lipinski definition) is 4. The van der Waals surface area contributed by atoms with Gasteiger partial charge in [-0.25, -0.2) is 9.78 Å². The van der Waals surface area contributed by atoms with E-state index in [0.717, 1.165) is 0 Å². The molecule has 2 aromatic rings. The standard InChI is InChI=1S/C12H9BrN2O3S/c1-6-2-3-7(4-8(6)12(17)18)19-11-9(13)10(16)14-5-15-11/h2-5H,1H3,(H,17,18)(H,14,15,16). The van der Waals surface area contributed by atoms with Crippen molar-refractivity contribution in [2.24, 2.45) is 0 Å². The van der Waals surface area contributed by atoms with Crippen LogP contribution in [0.15, 0.2) is 43.7 Å². The first kappa shape index (κ1) is 13.8. The quantitative estimate of drug-likeness (QED) is 0.839. The molecule has 1 aromatic heterocycles. The molecular formula is C12H9BrN2O3S. The summed E-state index contributed by atoms with van der Waals surface area (Å²) in [6.45, 7) is 1.74. The minimum absolute atomic E-state index is 0.242. The molecule has 0 aliphatic rings. The lowest BCUT2D eigenvalue weighted by Crippen LogP contribution is -2.07. The minimum atomic E-state index is -0.974. The van der Waals surface area contributed by atoms with Crippen LogP contribution in [0.3, 0.4) is 0 Å². The van der Waals surface area contributed by atoms with E-state index in [1.807, 2.05) is 0 Å². The fourth-order valence-electron chi connectivity index (χ4n) is 1.44. The average Bonchev–Trinajstić information content (AvgIpc) is 2.37. The highest BCUT2D eigenvalue weighted by Gasteiger charge is 2.11. The number of halogens is 1. The molecule has 0 aliphatic carbocycles. The van der Waals surface area contributed by atoms with Gasteiger partial charge in [0.1, 0.15) is 9.50 Å². The van der Waals surface area contributed by atoms with Crippen molar-refractivity contribution in [1.29, 1.82) is 0 Å². The smallest absolute Gasteiger partial charge is 0.335 e. The van der Waals surface area contributed by atoms with Crippen LogP contribution in [0.5, 0.6) is 0 Å². The first-order valence-corrected chi connectivity index (χ1v) is 6.85. The summed E-state index contributed by atoms with van der Waals surface area (Å²) in [5.74, 6) is -0.974. The predicted molar refractivity (Wildman–Crippen MR) is 74.8 cm³/mol. The molecule has 0 spiro atoms. The third-order valence-corrected chi connectivity index (χ3v) is 4.41. The van der Waals surface area contributed by atoms with Crippen LogP contribution in [0.25, 0.3) is 0 Å². The van der Waals surface area contributed by atoms with Crippen molar-refractivity contribution in [3.63, 3.8) is 0 Å². The molecule has 1 heterocycles. The van der Waals surface area contributed by atoms with E-state index >= 15 is 0 Å². The van der Waals surface area contributed by atoms with Gasteiger partial charge in [-0.3, -0.25) is 4.79 Å². The monoisotopic (exact) mass is 340 g/mol. The Morgan fingerprint density at radius 1 is 1.47 bits per heavy atom. The topological polar surface area (TPSA) is 83.0 Å². The molecule has 0 aliphatic heterocycles. The van der Waals surface area contributed by atoms with Crippen molar-refractivity contribution in [1.82, 2.24) is 9.97 Å². The molecule has 2 N–H and O–H groups in total. The van der Waals surface area contributed by atoms with E-state index in [0.29, 0.717) is 20.0 Å². The van der Waals surface area contributed by atoms with Crippen molar-refractivity contribution in [2.75, 3.05) is 0 Å². The zero-order chi connectivity index (χ0) is 14.0. The summed E-state index contributed by atoms with van der Waals surface area (Å²) in [6, 6.07) is 5.09. The van der Waals surface area contributed by atoms with Crippen LogP contribution in [-0.2, 0) is 0 Å². The van der Waals surface area contributed by atoms with Crippen molar-refractivity contribution in [2.45, 2.75) is 16.8 Å². The third kappa shape index (κ3) is 3.05. The number of aromatic carboxylic acids is 1. The van der Waals surface area contributed by atoms with Crippen LogP contribution >= 0.6 is 27.7 Å². The molecule has 0 fully saturated rings. The van der Waals surface area contributed by atoms with Crippen LogP contribution in [0, 0.1) is 6.92 Å². The van der Waals surface area contributed by atoms with Crippen molar-refractivity contribution in [3.8, 4) is 0 Å². The second-order valence-corrected chi connectivity index (χ2v) is 5.59. The number of benzene rings is 1. The largest absolute Gasteiger partial charge is 0.478 e. The van der Waals surface area contributed by atoms with E-state index in [1.165, 1.54) is 18.1 Å². The molecule has 0 saturated heterocycles. The first-order chi connectivity index (χ1) is 8.99. The predicted octanol–water partition coefficient (Wildman–Crippen LogP) is 2.69. The number of carboxylic acid groups (broad SMARTS) is 1. The second-order valence-electron chi connectivity index (χ2n) is 3.73. The molecule has 0 radical (unpaired) electrons. The lowest BCUT2D eigenvalue weighted by molar-refractivity contribution is 0.0696. The molecule has 0 bridgehead atoms. The molecular weight excluding hydrogens is 332 g/mol. The van der Waals surface area contributed by atoms with Gasteiger partial charge in [0.25, 0.3) is 5.56 Å². The second kappa shape index (κ2) is 5.58. The normalized spacial score (nSPS) is 10.4. The summed E-state index contributed by atoms with van der Waals surface area (Å²) in [5, 5.41) is 9.56. The Morgan fingerprint density at radius 3 is 2.89 bits per heavy atom. The van der Waals surface area contributed by atoms with E-state index in [1.54, 1.807) is 25.1 Å². The van der Waals surface area contributed by atoms with Crippen molar-refractivity contribution >= 4 is 33.7 Å². The average molecular weight is 341 g/mol. The summed E-state index contributed by atoms with van der Waals surface area (Å²) < 4.78 is 0.331. The number of aryl methyl sites for hydroxylation is 1. The number of aromatic nitrogens is 2. The summed E-state index contributed by atoms with van der Waals surface area (Å²) >= 11 is 4.38. The van der Waals surface area contributed by atoms with Gasteiger partial charge in [0.05, 0.1) is 11.9 Å². The number of carbonyl (C=O) groups is 1. The van der Waals surface area contributed by atoms with Crippen LogP contribution in [0.4, 0.5) is 0 Å². The molecule has 19 heavy (non-hydrogen) atoms. The summed E-state index contributed by atoms with van der Waals surface area (Å²) in [6.07, 6.45) is 1.31. The number of carboxylic acids is 1. The molecule has 1 aromatic carbocycles. The van der Waals surface area contributed by atoms with Crippen LogP contribution < -0.4 is 5.56 Å². The lowest BCUT2D eigenvalue weighted by Gasteiger charge is -2.05. The number of hydrogen-bond donors (Lipinski definition) is 2. The third-order valence-electron chi connectivity index (χ3n) is 2.42. The summed E-state index contributed by atoms with van der Waals surface area (Å²) in [4.78, 5) is 29.7. The fraction of sp³-hybridized carbons (Fsp3) is 0.0833. The van der Waals surface area contributed by atoms with Gasteiger partial charge in [-0.2, -0.15) is 0 Å². The Bertz CT molecular complexity index is 700. The summed E-state index contributed by atoms with van der Waals surface area (Å²) in [7, 11) is 0. The Kier molecular flexibility index (Phi) is 4.06. The van der Waals surface area contributed by atoms with Gasteiger partial charge in [0.15, 0.2) is 0 Å². The van der Waals surface area contributed by atoms with E-state index in [9.17, 15) is 9.59 Å². The Morgan fingerprint density at radius 2 is 2.21 bits per heavy atom. The Labute approximate surface area is 121 Å². The number of nitrogens with one attached hydrogen (secondary N) is 1. The highest BCUT2D eigenvalue weighted by atomic mass is 79.9. The maximum Gasteiger partial charge on any atom is 0.335 e. The van der Waals surface area contributed by atoms with Gasteiger partial charge >= 0.3 is 5.97 Å². The van der Waals surface area contributed by atoms with E-state index in [2.05, 4.69) is 25.9 Å². The van der Waals surface area contributed by atoms with Gasteiger partial charge in [-0.05, 0) is 40.5 Å². The van der Waals surface area contributed by atoms with Crippen molar-refractivity contribution in [3.05, 3.63) is 50.5 Å². The highest BCUT2D eigenvalue weighted by Crippen LogP contribution is 2.30. The number of rotatable bonds is 3. The molecule has 98 valence electrons. The molecule has 0 unspecified atom stereocenters. The van der Waals surface area contributed by atoms with E-state index in [4.69, 9.17) is 5.11 Å². The zero-order valence-corrected chi connectivity index (χ0v) is 12.2. The first-order valence-electron chi connectivity index (χ1n) is 5.24. The van der Waals surface area contributed by atoms with Crippen LogP contribution in [0.2, 0.25) is 0 Å². The van der Waals surface area contributed by atoms with Gasteiger partial charge in [0, 0.05) is 4.90 Å². The fourth-order valence-corrected chi connectivity index (χ4v) is 2.73. The van der Waals surface area contributed by atoms with Gasteiger partial charge < -0.3 is 10.1 Å². The minimum Gasteiger partial charge on any atom is -0.478 e. The van der Waals surface area contributed by atoms with Gasteiger partial charge in [0.2, 0.25) is 0 Å². The molecule has 0 amide bonds. The molecule has 0 saturated carbocycles. The zero-order valence-electron chi connectivity index (χ0n) is 9.81. The maximum absolute atomic E-state index is 11.4. The number of H-pyrrole nitrogens is 1. The SMILES string of the molecule is Cc1ccc(Sc2nc[nH]c(=O)c2Br)cc1C(=O)O. The van der Waals surface area contributed by atoms with E-state index < -0.39 is 5.97 Å².